The highest BCUT2D eigenvalue weighted by atomic mass is 32.2. The average Bonchev–Trinajstić information content (AvgIpc) is 2.94. The van der Waals surface area contributed by atoms with Crippen molar-refractivity contribution in [2.45, 2.75) is 44.0 Å². The molecule has 0 amide bonds. The van der Waals surface area contributed by atoms with E-state index in [1.807, 2.05) is 0 Å². The van der Waals surface area contributed by atoms with Gasteiger partial charge in [-0.25, -0.2) is 4.98 Å². The number of nitrogens with zero attached hydrogens (tertiary/aromatic N) is 2. The molecule has 0 aliphatic heterocycles. The minimum absolute atomic E-state index is 0.110. The standard InChI is InChI=1S/C12H19F3N2O6S2/c1-2-3-7-22-24(18,19)8-4-11(9-12(13,14)15)25(20,21)23-17-6-5-16-10-17/h5-6,10-11H,2-4,7-9H2,1H3. The number of unbranched alkanes of at least 4 members (excludes halogenated alkanes) is 1. The number of aromatic nitrogens is 2. The van der Waals surface area contributed by atoms with Crippen LogP contribution in [0.3, 0.4) is 0 Å². The first kappa shape index (κ1) is 21.7. The predicted molar refractivity (Wildman–Crippen MR) is 81.5 cm³/mol. The summed E-state index contributed by atoms with van der Waals surface area (Å²) in [7, 11) is -8.88. The van der Waals surface area contributed by atoms with Gasteiger partial charge in [-0.2, -0.15) is 34.7 Å². The van der Waals surface area contributed by atoms with Crippen molar-refractivity contribution in [3.8, 4) is 0 Å². The van der Waals surface area contributed by atoms with E-state index in [1.54, 1.807) is 6.92 Å². The molecule has 0 aliphatic carbocycles. The summed E-state index contributed by atoms with van der Waals surface area (Å²) < 4.78 is 95.1. The van der Waals surface area contributed by atoms with Crippen molar-refractivity contribution in [2.24, 2.45) is 0 Å². The summed E-state index contributed by atoms with van der Waals surface area (Å²) in [6, 6.07) is 0. The van der Waals surface area contributed by atoms with Crippen molar-refractivity contribution in [3.63, 3.8) is 0 Å². The fourth-order valence-corrected chi connectivity index (χ4v) is 4.20. The van der Waals surface area contributed by atoms with E-state index in [0.29, 0.717) is 17.6 Å². The van der Waals surface area contributed by atoms with Gasteiger partial charge in [0.15, 0.2) is 0 Å². The maximum Gasteiger partial charge on any atom is 0.390 e. The van der Waals surface area contributed by atoms with Crippen LogP contribution in [0.15, 0.2) is 18.7 Å². The van der Waals surface area contributed by atoms with Gasteiger partial charge in [0.1, 0.15) is 11.6 Å². The summed E-state index contributed by atoms with van der Waals surface area (Å²) in [5.41, 5.74) is 0. The van der Waals surface area contributed by atoms with Gasteiger partial charge in [-0.3, -0.25) is 8.47 Å². The molecule has 1 atom stereocenters. The predicted octanol–water partition coefficient (Wildman–Crippen LogP) is 1.50. The third kappa shape index (κ3) is 8.54. The zero-order valence-electron chi connectivity index (χ0n) is 13.3. The van der Waals surface area contributed by atoms with Gasteiger partial charge >= 0.3 is 16.3 Å². The molecule has 1 unspecified atom stereocenters. The SMILES string of the molecule is CCCCOS(=O)(=O)CCC(CC(F)(F)F)S(=O)(=O)On1ccnc1. The lowest BCUT2D eigenvalue weighted by atomic mass is 10.2. The lowest BCUT2D eigenvalue weighted by Gasteiger charge is -2.18. The van der Waals surface area contributed by atoms with Gasteiger partial charge in [0.2, 0.25) is 0 Å². The van der Waals surface area contributed by atoms with E-state index in [0.717, 1.165) is 12.5 Å². The Labute approximate surface area is 144 Å². The Balaban J connectivity index is 2.83. The number of alkyl halides is 3. The van der Waals surface area contributed by atoms with Crippen LogP contribution in [0.1, 0.15) is 32.6 Å². The average molecular weight is 408 g/mol. The summed E-state index contributed by atoms with van der Waals surface area (Å²) in [5, 5.41) is -2.10. The second kappa shape index (κ2) is 8.85. The third-order valence-corrected chi connectivity index (χ3v) is 5.85. The monoisotopic (exact) mass is 408 g/mol. The fourth-order valence-electron chi connectivity index (χ4n) is 1.74. The minimum atomic E-state index is -4.82. The van der Waals surface area contributed by atoms with E-state index in [9.17, 15) is 30.0 Å². The van der Waals surface area contributed by atoms with Crippen LogP contribution in [0.4, 0.5) is 13.2 Å². The molecule has 0 saturated carbocycles. The zero-order valence-corrected chi connectivity index (χ0v) is 15.0. The molecule has 13 heteroatoms. The van der Waals surface area contributed by atoms with Gasteiger partial charge in [-0.15, -0.1) is 0 Å². The first-order chi connectivity index (χ1) is 11.5. The van der Waals surface area contributed by atoms with Crippen LogP contribution >= 0.6 is 0 Å². The van der Waals surface area contributed by atoms with Crippen LogP contribution < -0.4 is 4.28 Å². The molecule has 0 bridgehead atoms. The van der Waals surface area contributed by atoms with E-state index >= 15 is 0 Å². The van der Waals surface area contributed by atoms with Crippen molar-refractivity contribution < 1.29 is 38.5 Å². The Morgan fingerprint density at radius 3 is 2.44 bits per heavy atom. The molecule has 0 spiro atoms. The lowest BCUT2D eigenvalue weighted by Crippen LogP contribution is -2.35. The van der Waals surface area contributed by atoms with Crippen LogP contribution in [0.25, 0.3) is 0 Å². The Kier molecular flexibility index (Phi) is 7.68. The fraction of sp³-hybridized carbons (Fsp3) is 0.750. The number of hydrogen-bond donors (Lipinski definition) is 0. The molecule has 0 aliphatic rings. The van der Waals surface area contributed by atoms with Crippen molar-refractivity contribution in [1.29, 1.82) is 0 Å². The first-order valence-corrected chi connectivity index (χ1v) is 10.4. The van der Waals surface area contributed by atoms with Gasteiger partial charge < -0.3 is 0 Å². The molecule has 1 aromatic rings. The van der Waals surface area contributed by atoms with E-state index in [2.05, 4.69) is 13.5 Å². The van der Waals surface area contributed by atoms with Crippen molar-refractivity contribution in [2.75, 3.05) is 12.4 Å². The largest absolute Gasteiger partial charge is 0.390 e. The van der Waals surface area contributed by atoms with E-state index in [4.69, 9.17) is 0 Å². The Morgan fingerprint density at radius 2 is 1.92 bits per heavy atom. The third-order valence-electron chi connectivity index (χ3n) is 2.99. The molecule has 0 aromatic carbocycles. The van der Waals surface area contributed by atoms with Gasteiger partial charge in [-0.1, -0.05) is 13.3 Å². The summed E-state index contributed by atoms with van der Waals surface area (Å²) in [6.07, 6.45) is -3.07. The normalized spacial score (nSPS) is 14.4. The zero-order chi connectivity index (χ0) is 19.1. The lowest BCUT2D eigenvalue weighted by molar-refractivity contribution is -0.135. The van der Waals surface area contributed by atoms with Gasteiger partial charge in [0.25, 0.3) is 10.1 Å². The minimum Gasteiger partial charge on any atom is -0.286 e. The molecule has 1 heterocycles. The molecule has 0 radical (unpaired) electrons. The maximum absolute atomic E-state index is 12.7. The van der Waals surface area contributed by atoms with Gasteiger partial charge in [0, 0.05) is 6.20 Å². The van der Waals surface area contributed by atoms with Crippen LogP contribution in [0.2, 0.25) is 0 Å². The molecule has 0 N–H and O–H groups in total. The molecule has 8 nitrogen and oxygen atoms in total. The topological polar surface area (TPSA) is 105 Å². The number of rotatable bonds is 11. The van der Waals surface area contributed by atoms with E-state index in [-0.39, 0.29) is 6.61 Å². The molecular formula is C12H19F3N2O6S2. The summed E-state index contributed by atoms with van der Waals surface area (Å²) in [6.45, 7) is 1.69. The highest BCUT2D eigenvalue weighted by Gasteiger charge is 2.40. The van der Waals surface area contributed by atoms with Crippen molar-refractivity contribution in [3.05, 3.63) is 18.7 Å². The van der Waals surface area contributed by atoms with Gasteiger partial charge in [-0.05, 0) is 12.8 Å². The van der Waals surface area contributed by atoms with Crippen LogP contribution in [-0.4, -0.2) is 50.3 Å². The van der Waals surface area contributed by atoms with Crippen molar-refractivity contribution in [1.82, 2.24) is 9.71 Å². The molecule has 25 heavy (non-hydrogen) atoms. The second-order valence-corrected chi connectivity index (χ2v) is 8.72. The molecule has 146 valence electrons. The van der Waals surface area contributed by atoms with Gasteiger partial charge in [0.05, 0.1) is 25.0 Å². The number of hydrogen-bond acceptors (Lipinski definition) is 7. The van der Waals surface area contributed by atoms with E-state index < -0.39 is 50.3 Å². The molecular weight excluding hydrogens is 389 g/mol. The molecule has 0 saturated heterocycles. The number of halogens is 3. The Bertz CT molecular complexity index is 717. The maximum atomic E-state index is 12.7. The number of imidazole rings is 1. The molecule has 1 rings (SSSR count). The second-order valence-electron chi connectivity index (χ2n) is 5.16. The van der Waals surface area contributed by atoms with Crippen LogP contribution in [0.5, 0.6) is 0 Å². The highest BCUT2D eigenvalue weighted by Crippen LogP contribution is 2.27. The van der Waals surface area contributed by atoms with Crippen LogP contribution in [-0.2, 0) is 24.4 Å². The van der Waals surface area contributed by atoms with E-state index in [1.165, 1.54) is 6.20 Å². The molecule has 1 aromatic heterocycles. The van der Waals surface area contributed by atoms with Crippen molar-refractivity contribution >= 4 is 20.2 Å². The van der Waals surface area contributed by atoms with Crippen LogP contribution in [0, 0.1) is 0 Å². The highest BCUT2D eigenvalue weighted by molar-refractivity contribution is 7.88. The summed E-state index contributed by atoms with van der Waals surface area (Å²) in [4.78, 5) is 3.50. The summed E-state index contributed by atoms with van der Waals surface area (Å²) >= 11 is 0. The first-order valence-electron chi connectivity index (χ1n) is 7.31. The smallest absolute Gasteiger partial charge is 0.286 e. The Morgan fingerprint density at radius 1 is 1.24 bits per heavy atom. The molecule has 0 fully saturated rings. The quantitative estimate of drug-likeness (QED) is 0.404. The Hall–Kier alpha value is -1.34. The summed E-state index contributed by atoms with van der Waals surface area (Å²) in [5.74, 6) is -0.871.